The minimum atomic E-state index is -2.80. The molecule has 19 heavy (non-hydrogen) atoms. The van der Waals surface area contributed by atoms with Gasteiger partial charge in [-0.2, -0.15) is 0 Å². The molecule has 0 amide bonds. The van der Waals surface area contributed by atoms with Crippen molar-refractivity contribution in [2.75, 3.05) is 36.1 Å². The Balaban J connectivity index is 0.00000154. The van der Waals surface area contributed by atoms with E-state index in [9.17, 15) is 8.42 Å². The Kier molecular flexibility index (Phi) is 11.0. The van der Waals surface area contributed by atoms with Gasteiger partial charge in [0.25, 0.3) is 0 Å². The summed E-state index contributed by atoms with van der Waals surface area (Å²) in [5.74, 6) is 0.801. The van der Waals surface area contributed by atoms with Crippen molar-refractivity contribution in [1.82, 2.24) is 4.90 Å². The van der Waals surface area contributed by atoms with E-state index in [2.05, 4.69) is 42.3 Å². The standard InChI is InChI=1S/C9H18NO2S.CH3I.3CH3.Sn/c1-2-13(11,12)9-8-10-6-4-3-5-7-10;1-2;;;;/h1-9H2;1H3;3*1H3;. The predicted molar refractivity (Wildman–Crippen MR) is 97.0 cm³/mol. The summed E-state index contributed by atoms with van der Waals surface area (Å²) in [6.07, 6.45) is 3.78. The molecule has 0 aromatic carbocycles. The zero-order valence-corrected chi connectivity index (χ0v) is 18.7. The number of nitrogens with zero attached hydrogens (tertiary/aromatic N) is 1. The van der Waals surface area contributed by atoms with Gasteiger partial charge in [-0.1, -0.05) is 22.6 Å². The van der Waals surface area contributed by atoms with Gasteiger partial charge < -0.3 is 0 Å². The topological polar surface area (TPSA) is 37.4 Å². The number of hydrogen-bond donors (Lipinski definition) is 0. The Hall–Kier alpha value is 1.44. The Morgan fingerprint density at radius 2 is 1.53 bits per heavy atom. The van der Waals surface area contributed by atoms with Gasteiger partial charge in [0.1, 0.15) is 0 Å². The molecule has 0 atom stereocenters. The number of piperidine rings is 1. The van der Waals surface area contributed by atoms with Crippen LogP contribution < -0.4 is 0 Å². The van der Waals surface area contributed by atoms with Crippen molar-refractivity contribution in [2.45, 2.75) is 38.5 Å². The zero-order chi connectivity index (χ0) is 14.9. The van der Waals surface area contributed by atoms with Gasteiger partial charge in [0.05, 0.1) is 0 Å². The molecule has 0 aliphatic carbocycles. The van der Waals surface area contributed by atoms with Crippen LogP contribution in [0, 0.1) is 0 Å². The van der Waals surface area contributed by atoms with Crippen LogP contribution in [-0.4, -0.2) is 67.8 Å². The summed E-state index contributed by atoms with van der Waals surface area (Å²) < 4.78 is 24.8. The van der Waals surface area contributed by atoms with Crippen LogP contribution >= 0.6 is 22.6 Å². The molecule has 0 saturated carbocycles. The van der Waals surface area contributed by atoms with Gasteiger partial charge >= 0.3 is 111 Å². The third kappa shape index (κ3) is 11.7. The Morgan fingerprint density at radius 3 is 2.00 bits per heavy atom. The molecule has 1 aliphatic heterocycles. The Labute approximate surface area is 137 Å². The van der Waals surface area contributed by atoms with Crippen LogP contribution in [0.5, 0.6) is 0 Å². The van der Waals surface area contributed by atoms with Crippen LogP contribution in [0.4, 0.5) is 0 Å². The van der Waals surface area contributed by atoms with E-state index < -0.39 is 28.2 Å². The summed E-state index contributed by atoms with van der Waals surface area (Å²) in [6, 6.07) is 0. The van der Waals surface area contributed by atoms with Gasteiger partial charge in [0, 0.05) is 0 Å². The maximum atomic E-state index is 11.9. The zero-order valence-electron chi connectivity index (χ0n) is 12.9. The van der Waals surface area contributed by atoms with Gasteiger partial charge in [-0.15, -0.1) is 0 Å². The first-order valence-electron chi connectivity index (χ1n) is 7.09. The molecule has 3 nitrogen and oxygen atoms in total. The van der Waals surface area contributed by atoms with Crippen LogP contribution in [0.25, 0.3) is 0 Å². The van der Waals surface area contributed by atoms with Crippen LogP contribution in [0.15, 0.2) is 0 Å². The van der Waals surface area contributed by atoms with Crippen molar-refractivity contribution in [3.8, 4) is 0 Å². The molecule has 1 fully saturated rings. The number of hydrogen-bond acceptors (Lipinski definition) is 3. The van der Waals surface area contributed by atoms with Crippen LogP contribution in [0.3, 0.4) is 0 Å². The average Bonchev–Trinajstić information content (AvgIpc) is 2.37. The second-order valence-electron chi connectivity index (χ2n) is 6.36. The molecule has 1 rings (SSSR count). The minimum absolute atomic E-state index is 0.370. The molecule has 0 N–H and O–H groups in total. The van der Waals surface area contributed by atoms with E-state index in [4.69, 9.17) is 0 Å². The fourth-order valence-corrected chi connectivity index (χ4v) is 11.6. The van der Waals surface area contributed by atoms with Gasteiger partial charge in [0.15, 0.2) is 0 Å². The van der Waals surface area contributed by atoms with Gasteiger partial charge in [0.2, 0.25) is 0 Å². The second kappa shape index (κ2) is 10.2. The SMILES string of the molecule is CI.[CH3][Sn]([CH3])([CH3])[CH2]CS(=O)(=O)CCN1CCCCC1. The first-order chi connectivity index (χ1) is 8.79. The number of likely N-dealkylation sites (tertiary alicyclic amines) is 1. The summed E-state index contributed by atoms with van der Waals surface area (Å²) in [5.41, 5.74) is 0. The molecule has 1 saturated heterocycles. The molecular formula is C13H30INO2SSn. The van der Waals surface area contributed by atoms with Crippen LogP contribution in [0.1, 0.15) is 19.3 Å². The predicted octanol–water partition coefficient (Wildman–Crippen LogP) is 3.28. The maximum absolute atomic E-state index is 11.9. The summed E-state index contributed by atoms with van der Waals surface area (Å²) in [5, 5.41) is 0. The number of rotatable bonds is 6. The summed E-state index contributed by atoms with van der Waals surface area (Å²) in [7, 11) is -2.80. The third-order valence-electron chi connectivity index (χ3n) is 3.33. The fraction of sp³-hybridized carbons (Fsp3) is 1.00. The van der Waals surface area contributed by atoms with Gasteiger partial charge in [-0.05, 0) is 4.93 Å². The quantitative estimate of drug-likeness (QED) is 0.313. The average molecular weight is 510 g/mol. The van der Waals surface area contributed by atoms with E-state index in [0.717, 1.165) is 24.1 Å². The molecule has 0 bridgehead atoms. The van der Waals surface area contributed by atoms with Crippen molar-refractivity contribution in [2.24, 2.45) is 0 Å². The molecule has 0 radical (unpaired) electrons. The van der Waals surface area contributed by atoms with E-state index in [1.54, 1.807) is 0 Å². The van der Waals surface area contributed by atoms with E-state index in [0.29, 0.717) is 11.5 Å². The second-order valence-corrected chi connectivity index (χ2v) is 24.7. The van der Waals surface area contributed by atoms with E-state index in [-0.39, 0.29) is 0 Å². The molecule has 1 aliphatic rings. The molecule has 0 aromatic rings. The number of alkyl halides is 1. The molecule has 1 heterocycles. The molecule has 0 unspecified atom stereocenters. The monoisotopic (exact) mass is 511 g/mol. The summed E-state index contributed by atoms with van der Waals surface area (Å²) >= 11 is 0.237. The third-order valence-corrected chi connectivity index (χ3v) is 11.0. The van der Waals surface area contributed by atoms with Gasteiger partial charge in [-0.25, -0.2) is 0 Å². The van der Waals surface area contributed by atoms with E-state index >= 15 is 0 Å². The molecule has 6 heteroatoms. The van der Waals surface area contributed by atoms with E-state index in [1.165, 1.54) is 19.3 Å². The molecule has 116 valence electrons. The van der Waals surface area contributed by atoms with Crippen molar-refractivity contribution >= 4 is 50.8 Å². The van der Waals surface area contributed by atoms with E-state index in [1.807, 2.05) is 4.93 Å². The summed E-state index contributed by atoms with van der Waals surface area (Å²) in [4.78, 5) is 11.2. The Bertz CT molecular complexity index is 322. The van der Waals surface area contributed by atoms with Crippen LogP contribution in [0.2, 0.25) is 19.3 Å². The Morgan fingerprint density at radius 1 is 1.00 bits per heavy atom. The first kappa shape index (κ1) is 20.4. The molecule has 0 spiro atoms. The number of halogens is 1. The van der Waals surface area contributed by atoms with Crippen molar-refractivity contribution in [3.05, 3.63) is 0 Å². The first-order valence-corrected chi connectivity index (χ1v) is 21.7. The van der Waals surface area contributed by atoms with Crippen molar-refractivity contribution in [3.63, 3.8) is 0 Å². The van der Waals surface area contributed by atoms with Crippen LogP contribution in [-0.2, 0) is 9.84 Å². The molecule has 0 aromatic heterocycles. The molecular weight excluding hydrogens is 480 g/mol. The number of sulfone groups is 1. The normalized spacial score (nSPS) is 17.7. The van der Waals surface area contributed by atoms with Gasteiger partial charge in [-0.3, -0.25) is 0 Å². The van der Waals surface area contributed by atoms with Crippen molar-refractivity contribution in [1.29, 1.82) is 0 Å². The van der Waals surface area contributed by atoms with Crippen molar-refractivity contribution < 1.29 is 8.42 Å². The fourth-order valence-electron chi connectivity index (χ4n) is 2.01. The summed E-state index contributed by atoms with van der Waals surface area (Å²) in [6.45, 7) is 2.93.